The van der Waals surface area contributed by atoms with Gasteiger partial charge in [-0.1, -0.05) is 18.2 Å². The van der Waals surface area contributed by atoms with Crippen LogP contribution in [0.1, 0.15) is 19.3 Å². The third kappa shape index (κ3) is 5.16. The van der Waals surface area contributed by atoms with Crippen LogP contribution in [0.4, 0.5) is 5.69 Å². The predicted octanol–water partition coefficient (Wildman–Crippen LogP) is 0.636. The van der Waals surface area contributed by atoms with Crippen LogP contribution in [-0.2, 0) is 26.6 Å². The van der Waals surface area contributed by atoms with E-state index < -0.39 is 28.3 Å². The van der Waals surface area contributed by atoms with Crippen LogP contribution in [0.2, 0.25) is 0 Å². The molecule has 1 aromatic carbocycles. The first-order valence-electron chi connectivity index (χ1n) is 8.99. The third-order valence-corrected chi connectivity index (χ3v) is 5.90. The molecule has 9 nitrogen and oxygen atoms in total. The van der Waals surface area contributed by atoms with E-state index >= 15 is 0 Å². The number of amides is 1. The Hall–Kier alpha value is -2.27. The Kier molecular flexibility index (Phi) is 6.45. The summed E-state index contributed by atoms with van der Waals surface area (Å²) in [6.45, 7) is -0.355. The van der Waals surface area contributed by atoms with Gasteiger partial charge >= 0.3 is 0 Å². The van der Waals surface area contributed by atoms with Crippen molar-refractivity contribution in [2.24, 2.45) is 7.05 Å². The first-order valence-corrected chi connectivity index (χ1v) is 10.5. The average Bonchev–Trinajstić information content (AvgIpc) is 3.11. The molecule has 152 valence electrons. The summed E-state index contributed by atoms with van der Waals surface area (Å²) in [5.74, 6) is -0.194. The zero-order valence-corrected chi connectivity index (χ0v) is 16.3. The summed E-state index contributed by atoms with van der Waals surface area (Å²) in [4.78, 5) is 16.1. The number of carbonyl (C=O) groups excluding carboxylic acids is 1. The number of aryl methyl sites for hydroxylation is 1. The second kappa shape index (κ2) is 8.82. The molecular weight excluding hydrogens is 384 g/mol. The maximum atomic E-state index is 12.4. The molecule has 0 spiro atoms. The zero-order chi connectivity index (χ0) is 20.1. The fraction of sp³-hybridized carbons (Fsp3) is 0.444. The van der Waals surface area contributed by atoms with Gasteiger partial charge in [0.1, 0.15) is 0 Å². The van der Waals surface area contributed by atoms with Gasteiger partial charge in [0, 0.05) is 18.9 Å². The minimum atomic E-state index is -3.82. The van der Waals surface area contributed by atoms with Gasteiger partial charge in [-0.05, 0) is 25.0 Å². The lowest BCUT2D eigenvalue weighted by molar-refractivity contribution is -0.126. The Balaban J connectivity index is 1.56. The highest BCUT2D eigenvalue weighted by Gasteiger charge is 2.35. The molecule has 0 saturated carbocycles. The molecule has 28 heavy (non-hydrogen) atoms. The van der Waals surface area contributed by atoms with Gasteiger partial charge in [0.25, 0.3) is 10.0 Å². The van der Waals surface area contributed by atoms with Crippen LogP contribution < -0.4 is 10.0 Å². The molecule has 1 amide bonds. The number of imidazole rings is 1. The molecule has 2 aromatic rings. The number of carbonyl (C=O) groups is 1. The van der Waals surface area contributed by atoms with Crippen molar-refractivity contribution in [2.75, 3.05) is 11.9 Å². The highest BCUT2D eigenvalue weighted by atomic mass is 32.2. The van der Waals surface area contributed by atoms with Crippen molar-refractivity contribution < 1.29 is 23.1 Å². The molecule has 1 aliphatic heterocycles. The smallest absolute Gasteiger partial charge is 0.259 e. The number of hydrogen-bond acceptors (Lipinski definition) is 6. The lowest BCUT2D eigenvalue weighted by atomic mass is 9.98. The monoisotopic (exact) mass is 408 g/mol. The minimum absolute atomic E-state index is 0.0870. The minimum Gasteiger partial charge on any atom is -0.394 e. The molecule has 3 N–H and O–H groups in total. The van der Waals surface area contributed by atoms with E-state index in [2.05, 4.69) is 15.0 Å². The summed E-state index contributed by atoms with van der Waals surface area (Å²) in [5.41, 5.74) is 0.697. The van der Waals surface area contributed by atoms with Gasteiger partial charge in [-0.15, -0.1) is 0 Å². The number of para-hydroxylation sites is 1. The molecule has 1 fully saturated rings. The number of aliphatic hydroxyl groups excluding tert-OH is 1. The van der Waals surface area contributed by atoms with E-state index in [9.17, 15) is 18.3 Å². The van der Waals surface area contributed by atoms with Crippen molar-refractivity contribution in [3.8, 4) is 0 Å². The van der Waals surface area contributed by atoms with Crippen molar-refractivity contribution in [3.05, 3.63) is 42.9 Å². The largest absolute Gasteiger partial charge is 0.394 e. The number of aromatic nitrogens is 2. The maximum absolute atomic E-state index is 12.4. The van der Waals surface area contributed by atoms with E-state index in [0.717, 1.165) is 0 Å². The van der Waals surface area contributed by atoms with Crippen molar-refractivity contribution in [3.63, 3.8) is 0 Å². The zero-order valence-electron chi connectivity index (χ0n) is 15.5. The molecule has 1 aliphatic rings. The molecule has 0 bridgehead atoms. The molecule has 1 aromatic heterocycles. The van der Waals surface area contributed by atoms with E-state index in [1.807, 2.05) is 18.2 Å². The lowest BCUT2D eigenvalue weighted by Gasteiger charge is -2.35. The Morgan fingerprint density at radius 1 is 1.32 bits per heavy atom. The van der Waals surface area contributed by atoms with Crippen molar-refractivity contribution in [1.82, 2.24) is 14.3 Å². The number of benzene rings is 1. The molecule has 10 heteroatoms. The van der Waals surface area contributed by atoms with Crippen LogP contribution in [0.3, 0.4) is 0 Å². The average molecular weight is 408 g/mol. The van der Waals surface area contributed by atoms with Gasteiger partial charge in [-0.25, -0.2) is 18.1 Å². The SMILES string of the molecule is Cn1cnc(S(=O)(=O)N[C@@H]2CC[C@H](CC(=O)Nc3ccccc3)O[C@H]2CO)c1. The van der Waals surface area contributed by atoms with E-state index in [4.69, 9.17) is 4.74 Å². The van der Waals surface area contributed by atoms with Crippen LogP contribution >= 0.6 is 0 Å². The van der Waals surface area contributed by atoms with Crippen LogP contribution in [0, 0.1) is 0 Å². The van der Waals surface area contributed by atoms with Crippen LogP contribution in [-0.4, -0.2) is 53.8 Å². The summed E-state index contributed by atoms with van der Waals surface area (Å²) in [6, 6.07) is 8.50. The van der Waals surface area contributed by atoms with E-state index in [0.29, 0.717) is 18.5 Å². The Morgan fingerprint density at radius 3 is 2.71 bits per heavy atom. The topological polar surface area (TPSA) is 123 Å². The number of ether oxygens (including phenoxy) is 1. The van der Waals surface area contributed by atoms with Gasteiger partial charge in [0.05, 0.1) is 37.6 Å². The predicted molar refractivity (Wildman–Crippen MR) is 102 cm³/mol. The number of sulfonamides is 1. The maximum Gasteiger partial charge on any atom is 0.259 e. The number of anilines is 1. The van der Waals surface area contributed by atoms with E-state index in [-0.39, 0.29) is 24.0 Å². The van der Waals surface area contributed by atoms with Gasteiger partial charge in [-0.2, -0.15) is 0 Å². The van der Waals surface area contributed by atoms with Gasteiger partial charge in [0.2, 0.25) is 5.91 Å². The lowest BCUT2D eigenvalue weighted by Crippen LogP contribution is -2.51. The Bertz CT molecular complexity index is 900. The molecule has 0 radical (unpaired) electrons. The van der Waals surface area contributed by atoms with Crippen LogP contribution in [0.15, 0.2) is 47.9 Å². The summed E-state index contributed by atoms with van der Waals surface area (Å²) in [6.07, 6.45) is 2.74. The Labute approximate surface area is 163 Å². The van der Waals surface area contributed by atoms with E-state index in [1.54, 1.807) is 19.2 Å². The molecule has 2 heterocycles. The summed E-state index contributed by atoms with van der Waals surface area (Å²) in [5, 5.41) is 12.3. The second-order valence-electron chi connectivity index (χ2n) is 6.78. The summed E-state index contributed by atoms with van der Waals surface area (Å²) < 4.78 is 34.8. The van der Waals surface area contributed by atoms with Crippen molar-refractivity contribution >= 4 is 21.6 Å². The fourth-order valence-corrected chi connectivity index (χ4v) is 4.42. The highest BCUT2D eigenvalue weighted by Crippen LogP contribution is 2.23. The molecular formula is C18H24N4O5S. The fourth-order valence-electron chi connectivity index (χ4n) is 3.14. The van der Waals surface area contributed by atoms with Crippen LogP contribution in [0.25, 0.3) is 0 Å². The Morgan fingerprint density at radius 2 is 2.07 bits per heavy atom. The van der Waals surface area contributed by atoms with Crippen molar-refractivity contribution in [1.29, 1.82) is 0 Å². The number of rotatable bonds is 7. The summed E-state index contributed by atoms with van der Waals surface area (Å²) >= 11 is 0. The van der Waals surface area contributed by atoms with Gasteiger partial charge in [-0.3, -0.25) is 4.79 Å². The van der Waals surface area contributed by atoms with Crippen LogP contribution in [0.5, 0.6) is 0 Å². The first-order chi connectivity index (χ1) is 13.4. The summed E-state index contributed by atoms with van der Waals surface area (Å²) in [7, 11) is -2.14. The van der Waals surface area contributed by atoms with E-state index in [1.165, 1.54) is 17.1 Å². The number of aliphatic hydroxyl groups is 1. The van der Waals surface area contributed by atoms with Gasteiger partial charge in [0.15, 0.2) is 5.03 Å². The molecule has 0 aliphatic carbocycles. The number of nitrogens with one attached hydrogen (secondary N) is 2. The quantitative estimate of drug-likeness (QED) is 0.618. The highest BCUT2D eigenvalue weighted by molar-refractivity contribution is 7.89. The second-order valence-corrected chi connectivity index (χ2v) is 8.44. The van der Waals surface area contributed by atoms with Gasteiger partial charge < -0.3 is 19.7 Å². The standard InChI is InChI=1S/C18H24N4O5S/c1-22-10-18(19-12-22)28(25,26)21-15-8-7-14(27-16(15)11-23)9-17(24)20-13-5-3-2-4-6-13/h2-6,10,12,14-16,21,23H,7-9,11H2,1H3,(H,20,24)/t14-,15-,16+/m1/s1. The number of nitrogens with zero attached hydrogens (tertiary/aromatic N) is 2. The number of hydrogen-bond donors (Lipinski definition) is 3. The molecule has 3 rings (SSSR count). The third-order valence-electron chi connectivity index (χ3n) is 4.53. The van der Waals surface area contributed by atoms with Crippen molar-refractivity contribution in [2.45, 2.75) is 42.5 Å². The molecule has 0 unspecified atom stereocenters. The first kappa shape index (κ1) is 20.5. The molecule has 3 atom stereocenters. The molecule has 1 saturated heterocycles. The normalized spacial score (nSPS) is 22.7.